The molecule has 130 valence electrons. The van der Waals surface area contributed by atoms with E-state index in [9.17, 15) is 0 Å². The van der Waals surface area contributed by atoms with Crippen LogP contribution in [0.2, 0.25) is 0 Å². The molecule has 1 aliphatic rings. The average Bonchev–Trinajstić information content (AvgIpc) is 2.68. The summed E-state index contributed by atoms with van der Waals surface area (Å²) >= 11 is 0. The van der Waals surface area contributed by atoms with Crippen molar-refractivity contribution in [1.29, 1.82) is 0 Å². The molecule has 0 aliphatic heterocycles. The number of allylic oxidation sites excluding steroid dienone is 1. The van der Waals surface area contributed by atoms with Gasteiger partial charge in [0.15, 0.2) is 0 Å². The third-order valence-electron chi connectivity index (χ3n) is 5.27. The van der Waals surface area contributed by atoms with E-state index in [-0.39, 0.29) is 0 Å². The molecular weight excluding hydrogens is 304 g/mol. The number of methoxy groups -OCH3 is 1. The van der Waals surface area contributed by atoms with Crippen LogP contribution in [0.3, 0.4) is 0 Å². The Morgan fingerprint density at radius 2 is 1.56 bits per heavy atom. The number of ether oxygens (including phenoxy) is 1. The van der Waals surface area contributed by atoms with Gasteiger partial charge in [0.1, 0.15) is 0 Å². The maximum absolute atomic E-state index is 5.19. The molecule has 0 N–H and O–H groups in total. The molecule has 2 aromatic carbocycles. The predicted octanol–water partition coefficient (Wildman–Crippen LogP) is 6.46. The van der Waals surface area contributed by atoms with Gasteiger partial charge in [-0.3, -0.25) is 0 Å². The molecule has 0 atom stereocenters. The van der Waals surface area contributed by atoms with Gasteiger partial charge < -0.3 is 4.74 Å². The SMILES string of the molecule is C=Cc1ccc(/C=C/C2CCC(c3ccc(COC)cc3)CC2)cc1. The molecule has 2 aromatic rings. The highest BCUT2D eigenvalue weighted by molar-refractivity contribution is 5.54. The smallest absolute Gasteiger partial charge is 0.0713 e. The first-order valence-corrected chi connectivity index (χ1v) is 9.27. The van der Waals surface area contributed by atoms with Crippen LogP contribution >= 0.6 is 0 Å². The molecule has 1 nitrogen and oxygen atoms in total. The number of hydrogen-bond acceptors (Lipinski definition) is 1. The van der Waals surface area contributed by atoms with E-state index in [0.29, 0.717) is 18.4 Å². The Bertz CT molecular complexity index is 686. The first kappa shape index (κ1) is 17.7. The fourth-order valence-electron chi connectivity index (χ4n) is 3.69. The van der Waals surface area contributed by atoms with Crippen LogP contribution in [0.15, 0.2) is 61.2 Å². The first-order chi connectivity index (χ1) is 12.3. The van der Waals surface area contributed by atoms with Crippen LogP contribution in [0, 0.1) is 5.92 Å². The minimum atomic E-state index is 0.700. The second-order valence-corrected chi connectivity index (χ2v) is 7.02. The van der Waals surface area contributed by atoms with Crippen LogP contribution in [0.5, 0.6) is 0 Å². The quantitative estimate of drug-likeness (QED) is 0.589. The third-order valence-corrected chi connectivity index (χ3v) is 5.27. The van der Waals surface area contributed by atoms with E-state index in [0.717, 1.165) is 0 Å². The van der Waals surface area contributed by atoms with Crippen LogP contribution in [-0.4, -0.2) is 7.11 Å². The lowest BCUT2D eigenvalue weighted by Gasteiger charge is -2.27. The second kappa shape index (κ2) is 8.82. The highest BCUT2D eigenvalue weighted by atomic mass is 16.5. The van der Waals surface area contributed by atoms with Crippen molar-refractivity contribution < 1.29 is 4.74 Å². The van der Waals surface area contributed by atoms with E-state index < -0.39 is 0 Å². The Morgan fingerprint density at radius 3 is 2.16 bits per heavy atom. The minimum absolute atomic E-state index is 0.700. The van der Waals surface area contributed by atoms with Crippen LogP contribution < -0.4 is 0 Å². The molecule has 3 rings (SSSR count). The standard InChI is InChI=1S/C24H28O/c1-3-19-4-6-20(7-5-19)8-9-21-10-14-23(15-11-21)24-16-12-22(13-17-24)18-25-2/h3-9,12-13,16-17,21,23H,1,10-11,14-15,18H2,2H3/b9-8+. The van der Waals surface area contributed by atoms with Crippen molar-refractivity contribution in [2.45, 2.75) is 38.2 Å². The first-order valence-electron chi connectivity index (χ1n) is 9.27. The van der Waals surface area contributed by atoms with E-state index in [4.69, 9.17) is 4.74 Å². The van der Waals surface area contributed by atoms with Crippen molar-refractivity contribution in [1.82, 2.24) is 0 Å². The predicted molar refractivity (Wildman–Crippen MR) is 107 cm³/mol. The maximum atomic E-state index is 5.19. The summed E-state index contributed by atoms with van der Waals surface area (Å²) in [5, 5.41) is 0. The molecule has 1 fully saturated rings. The Kier molecular flexibility index (Phi) is 6.25. The lowest BCUT2D eigenvalue weighted by Crippen LogP contribution is -2.11. The molecule has 0 heterocycles. The molecular formula is C24H28O. The number of hydrogen-bond donors (Lipinski definition) is 0. The zero-order valence-electron chi connectivity index (χ0n) is 15.2. The fraction of sp³-hybridized carbons (Fsp3) is 0.333. The summed E-state index contributed by atoms with van der Waals surface area (Å²) in [7, 11) is 1.75. The largest absolute Gasteiger partial charge is 0.380 e. The van der Waals surface area contributed by atoms with Gasteiger partial charge in [-0.05, 0) is 59.8 Å². The molecule has 1 aliphatic carbocycles. The van der Waals surface area contributed by atoms with Crippen molar-refractivity contribution >= 4 is 12.2 Å². The Hall–Kier alpha value is -2.12. The van der Waals surface area contributed by atoms with Crippen LogP contribution in [0.4, 0.5) is 0 Å². The fourth-order valence-corrected chi connectivity index (χ4v) is 3.69. The van der Waals surface area contributed by atoms with Gasteiger partial charge in [0.2, 0.25) is 0 Å². The van der Waals surface area contributed by atoms with E-state index in [1.165, 1.54) is 47.9 Å². The lowest BCUT2D eigenvalue weighted by atomic mass is 9.78. The zero-order valence-corrected chi connectivity index (χ0v) is 15.2. The molecule has 0 unspecified atom stereocenters. The second-order valence-electron chi connectivity index (χ2n) is 7.02. The lowest BCUT2D eigenvalue weighted by molar-refractivity contribution is 0.185. The van der Waals surface area contributed by atoms with E-state index in [2.05, 4.69) is 67.3 Å². The highest BCUT2D eigenvalue weighted by Crippen LogP contribution is 2.36. The van der Waals surface area contributed by atoms with Crippen LogP contribution in [-0.2, 0) is 11.3 Å². The normalized spacial score (nSPS) is 20.7. The van der Waals surface area contributed by atoms with Crippen molar-refractivity contribution in [3.63, 3.8) is 0 Å². The van der Waals surface area contributed by atoms with Gasteiger partial charge in [0.05, 0.1) is 6.61 Å². The summed E-state index contributed by atoms with van der Waals surface area (Å²) < 4.78 is 5.19. The molecule has 0 amide bonds. The summed E-state index contributed by atoms with van der Waals surface area (Å²) in [6, 6.07) is 17.6. The molecule has 0 spiro atoms. The summed E-state index contributed by atoms with van der Waals surface area (Å²) in [6.45, 7) is 4.50. The average molecular weight is 332 g/mol. The summed E-state index contributed by atoms with van der Waals surface area (Å²) in [4.78, 5) is 0. The summed E-state index contributed by atoms with van der Waals surface area (Å²) in [6.07, 6.45) is 11.7. The topological polar surface area (TPSA) is 9.23 Å². The Morgan fingerprint density at radius 1 is 0.920 bits per heavy atom. The van der Waals surface area contributed by atoms with E-state index in [1.807, 2.05) is 6.08 Å². The monoisotopic (exact) mass is 332 g/mol. The van der Waals surface area contributed by atoms with Crippen molar-refractivity contribution in [3.8, 4) is 0 Å². The molecule has 0 radical (unpaired) electrons. The van der Waals surface area contributed by atoms with Gasteiger partial charge in [-0.15, -0.1) is 0 Å². The Labute approximate surface area is 152 Å². The number of rotatable bonds is 6. The van der Waals surface area contributed by atoms with Crippen molar-refractivity contribution in [3.05, 3.63) is 83.4 Å². The van der Waals surface area contributed by atoms with Gasteiger partial charge in [-0.1, -0.05) is 73.3 Å². The molecule has 1 saturated carbocycles. The number of benzene rings is 2. The summed E-state index contributed by atoms with van der Waals surface area (Å²) in [5.41, 5.74) is 5.20. The van der Waals surface area contributed by atoms with Gasteiger partial charge in [0.25, 0.3) is 0 Å². The van der Waals surface area contributed by atoms with Crippen LogP contribution in [0.1, 0.15) is 53.9 Å². The molecule has 25 heavy (non-hydrogen) atoms. The zero-order chi connectivity index (χ0) is 17.5. The Balaban J connectivity index is 1.52. The van der Waals surface area contributed by atoms with E-state index >= 15 is 0 Å². The van der Waals surface area contributed by atoms with Crippen LogP contribution in [0.25, 0.3) is 12.2 Å². The van der Waals surface area contributed by atoms with Crippen molar-refractivity contribution in [2.75, 3.05) is 7.11 Å². The summed E-state index contributed by atoms with van der Waals surface area (Å²) in [5.74, 6) is 1.43. The van der Waals surface area contributed by atoms with E-state index in [1.54, 1.807) is 7.11 Å². The molecule has 1 heteroatoms. The van der Waals surface area contributed by atoms with Gasteiger partial charge in [0, 0.05) is 7.11 Å². The van der Waals surface area contributed by atoms with Gasteiger partial charge >= 0.3 is 0 Å². The molecule has 0 bridgehead atoms. The van der Waals surface area contributed by atoms with Crippen molar-refractivity contribution in [2.24, 2.45) is 5.92 Å². The third kappa shape index (κ3) is 4.93. The minimum Gasteiger partial charge on any atom is -0.380 e. The van der Waals surface area contributed by atoms with Gasteiger partial charge in [-0.25, -0.2) is 0 Å². The van der Waals surface area contributed by atoms with Gasteiger partial charge in [-0.2, -0.15) is 0 Å². The molecule has 0 saturated heterocycles. The molecule has 0 aromatic heterocycles. The maximum Gasteiger partial charge on any atom is 0.0713 e. The highest BCUT2D eigenvalue weighted by Gasteiger charge is 2.20.